The number of carbonyl (C=O) groups is 2. The normalized spacial score (nSPS) is 15.5. The number of amides is 2. The molecule has 2 aromatic carbocycles. The Morgan fingerprint density at radius 1 is 1.21 bits per heavy atom. The number of nitrogens with one attached hydrogen (secondary N) is 2. The molecule has 5 nitrogen and oxygen atoms in total. The van der Waals surface area contributed by atoms with Crippen LogP contribution in [0.2, 0.25) is 0 Å². The van der Waals surface area contributed by atoms with Gasteiger partial charge in [-0.05, 0) is 54.7 Å². The Morgan fingerprint density at radius 3 is 2.75 bits per heavy atom. The van der Waals surface area contributed by atoms with Gasteiger partial charge >= 0.3 is 0 Å². The zero-order valence-electron chi connectivity index (χ0n) is 16.1. The quantitative estimate of drug-likeness (QED) is 0.796. The van der Waals surface area contributed by atoms with Crippen molar-refractivity contribution in [2.24, 2.45) is 11.8 Å². The van der Waals surface area contributed by atoms with E-state index in [1.807, 2.05) is 0 Å². The molecule has 2 aromatic rings. The maximum atomic E-state index is 13.8. The first kappa shape index (κ1) is 19.9. The number of hydrogen-bond donors (Lipinski definition) is 2. The van der Waals surface area contributed by atoms with E-state index in [-0.39, 0.29) is 17.4 Å². The van der Waals surface area contributed by atoms with Crippen molar-refractivity contribution in [1.82, 2.24) is 5.32 Å². The van der Waals surface area contributed by atoms with Gasteiger partial charge in [0.1, 0.15) is 18.2 Å². The molecular formula is C22H25FN2O3. The van der Waals surface area contributed by atoms with Crippen LogP contribution in [0.15, 0.2) is 42.5 Å². The van der Waals surface area contributed by atoms with Crippen molar-refractivity contribution >= 4 is 17.5 Å². The molecule has 148 valence electrons. The Kier molecular flexibility index (Phi) is 6.29. The molecule has 1 heterocycles. The number of hydrogen-bond acceptors (Lipinski definition) is 3. The summed E-state index contributed by atoms with van der Waals surface area (Å²) in [6.07, 6.45) is 1.47. The average Bonchev–Trinajstić information content (AvgIpc) is 2.67. The fraction of sp³-hybridized carbons (Fsp3) is 0.364. The van der Waals surface area contributed by atoms with E-state index in [0.717, 1.165) is 12.0 Å². The minimum absolute atomic E-state index is 0.0149. The van der Waals surface area contributed by atoms with E-state index in [2.05, 4.69) is 24.5 Å². The summed E-state index contributed by atoms with van der Waals surface area (Å²) in [5.41, 5.74) is 1.37. The van der Waals surface area contributed by atoms with Gasteiger partial charge in [-0.25, -0.2) is 4.39 Å². The molecule has 6 heteroatoms. The second-order valence-corrected chi connectivity index (χ2v) is 7.44. The SMILES string of the molecule is CC(C)CCNC(=O)[C@@H]1COc2ccc(NC(=O)c3ccccc3F)cc2C1. The zero-order valence-corrected chi connectivity index (χ0v) is 16.1. The van der Waals surface area contributed by atoms with Gasteiger partial charge in [0.25, 0.3) is 5.91 Å². The average molecular weight is 384 g/mol. The second kappa shape index (κ2) is 8.87. The monoisotopic (exact) mass is 384 g/mol. The molecule has 1 aliphatic rings. The lowest BCUT2D eigenvalue weighted by atomic mass is 9.95. The zero-order chi connectivity index (χ0) is 20.1. The Morgan fingerprint density at radius 2 is 2.00 bits per heavy atom. The summed E-state index contributed by atoms with van der Waals surface area (Å²) in [6.45, 7) is 5.21. The third-order valence-corrected chi connectivity index (χ3v) is 4.73. The molecule has 0 aromatic heterocycles. The van der Waals surface area contributed by atoms with Gasteiger partial charge in [-0.2, -0.15) is 0 Å². The molecule has 0 unspecified atom stereocenters. The number of anilines is 1. The van der Waals surface area contributed by atoms with E-state index in [4.69, 9.17) is 4.74 Å². The summed E-state index contributed by atoms with van der Waals surface area (Å²) >= 11 is 0. The van der Waals surface area contributed by atoms with Gasteiger partial charge in [0, 0.05) is 12.2 Å². The van der Waals surface area contributed by atoms with Crippen LogP contribution in [0.3, 0.4) is 0 Å². The van der Waals surface area contributed by atoms with Crippen LogP contribution in [0, 0.1) is 17.7 Å². The minimum Gasteiger partial charge on any atom is -0.492 e. The molecular weight excluding hydrogens is 359 g/mol. The molecule has 0 spiro atoms. The first-order chi connectivity index (χ1) is 13.4. The highest BCUT2D eigenvalue weighted by molar-refractivity contribution is 6.04. The first-order valence-electron chi connectivity index (χ1n) is 9.53. The topological polar surface area (TPSA) is 67.4 Å². The largest absolute Gasteiger partial charge is 0.492 e. The molecule has 0 saturated heterocycles. The van der Waals surface area contributed by atoms with Gasteiger partial charge < -0.3 is 15.4 Å². The highest BCUT2D eigenvalue weighted by atomic mass is 19.1. The highest BCUT2D eigenvalue weighted by Crippen LogP contribution is 2.30. The van der Waals surface area contributed by atoms with Crippen LogP contribution >= 0.6 is 0 Å². The summed E-state index contributed by atoms with van der Waals surface area (Å²) in [5.74, 6) is -0.138. The van der Waals surface area contributed by atoms with Crippen molar-refractivity contribution < 1.29 is 18.7 Å². The number of rotatable bonds is 6. The molecule has 0 aliphatic carbocycles. The van der Waals surface area contributed by atoms with Crippen molar-refractivity contribution in [1.29, 1.82) is 0 Å². The number of halogens is 1. The van der Waals surface area contributed by atoms with Gasteiger partial charge in [0.2, 0.25) is 5.91 Å². The molecule has 2 N–H and O–H groups in total. The summed E-state index contributed by atoms with van der Waals surface area (Å²) in [6, 6.07) is 11.1. The fourth-order valence-corrected chi connectivity index (χ4v) is 3.11. The molecule has 0 saturated carbocycles. The van der Waals surface area contributed by atoms with E-state index in [0.29, 0.717) is 36.9 Å². The Bertz CT molecular complexity index is 867. The van der Waals surface area contributed by atoms with Crippen LogP contribution in [0.4, 0.5) is 10.1 Å². The van der Waals surface area contributed by atoms with Crippen molar-refractivity contribution in [2.45, 2.75) is 26.7 Å². The van der Waals surface area contributed by atoms with Gasteiger partial charge in [-0.3, -0.25) is 9.59 Å². The van der Waals surface area contributed by atoms with E-state index in [9.17, 15) is 14.0 Å². The van der Waals surface area contributed by atoms with Crippen LogP contribution in [0.25, 0.3) is 0 Å². The van der Waals surface area contributed by atoms with Crippen molar-refractivity contribution in [3.63, 3.8) is 0 Å². The Hall–Kier alpha value is -2.89. The standard InChI is InChI=1S/C22H25FN2O3/c1-14(2)9-10-24-21(26)16-11-15-12-17(7-8-20(15)28-13-16)25-22(27)18-5-3-4-6-19(18)23/h3-8,12,14,16H,9-11,13H2,1-2H3,(H,24,26)(H,25,27)/t16-/m0/s1. The predicted octanol–water partition coefficient (Wildman–Crippen LogP) is 3.79. The molecule has 1 atom stereocenters. The van der Waals surface area contributed by atoms with Gasteiger partial charge in [-0.15, -0.1) is 0 Å². The van der Waals surface area contributed by atoms with E-state index >= 15 is 0 Å². The van der Waals surface area contributed by atoms with Gasteiger partial charge in [0.15, 0.2) is 0 Å². The third kappa shape index (κ3) is 4.88. The van der Waals surface area contributed by atoms with Crippen LogP contribution < -0.4 is 15.4 Å². The van der Waals surface area contributed by atoms with Gasteiger partial charge in [-0.1, -0.05) is 26.0 Å². The van der Waals surface area contributed by atoms with Crippen molar-refractivity contribution in [3.8, 4) is 5.75 Å². The lowest BCUT2D eigenvalue weighted by molar-refractivity contribution is -0.126. The summed E-state index contributed by atoms with van der Waals surface area (Å²) < 4.78 is 19.5. The molecule has 0 fully saturated rings. The number of ether oxygens (including phenoxy) is 1. The summed E-state index contributed by atoms with van der Waals surface area (Å²) in [7, 11) is 0. The van der Waals surface area contributed by atoms with Crippen LogP contribution in [-0.4, -0.2) is 25.0 Å². The number of carbonyl (C=O) groups excluding carboxylic acids is 2. The Balaban J connectivity index is 1.65. The highest BCUT2D eigenvalue weighted by Gasteiger charge is 2.26. The molecule has 28 heavy (non-hydrogen) atoms. The third-order valence-electron chi connectivity index (χ3n) is 4.73. The van der Waals surface area contributed by atoms with Crippen molar-refractivity contribution in [3.05, 3.63) is 59.4 Å². The molecule has 0 radical (unpaired) electrons. The van der Waals surface area contributed by atoms with Crippen molar-refractivity contribution in [2.75, 3.05) is 18.5 Å². The maximum Gasteiger partial charge on any atom is 0.258 e. The molecule has 2 amide bonds. The molecule has 0 bridgehead atoms. The second-order valence-electron chi connectivity index (χ2n) is 7.44. The first-order valence-corrected chi connectivity index (χ1v) is 9.53. The van der Waals surface area contributed by atoms with Crippen LogP contribution in [0.5, 0.6) is 5.75 Å². The van der Waals surface area contributed by atoms with Gasteiger partial charge in [0.05, 0.1) is 11.5 Å². The Labute approximate surface area is 164 Å². The lowest BCUT2D eigenvalue weighted by Crippen LogP contribution is -2.38. The number of fused-ring (bicyclic) bond motifs is 1. The summed E-state index contributed by atoms with van der Waals surface area (Å²) in [5, 5.41) is 5.66. The minimum atomic E-state index is -0.570. The molecule has 3 rings (SSSR count). The van der Waals surface area contributed by atoms with E-state index in [1.54, 1.807) is 24.3 Å². The maximum absolute atomic E-state index is 13.8. The fourth-order valence-electron chi connectivity index (χ4n) is 3.11. The number of benzene rings is 2. The van der Waals surface area contributed by atoms with Crippen LogP contribution in [-0.2, 0) is 11.2 Å². The summed E-state index contributed by atoms with van der Waals surface area (Å²) in [4.78, 5) is 24.7. The predicted molar refractivity (Wildman–Crippen MR) is 106 cm³/mol. The van der Waals surface area contributed by atoms with Crippen LogP contribution in [0.1, 0.15) is 36.2 Å². The smallest absolute Gasteiger partial charge is 0.258 e. The molecule has 1 aliphatic heterocycles. The lowest BCUT2D eigenvalue weighted by Gasteiger charge is -2.25. The van der Waals surface area contributed by atoms with E-state index in [1.165, 1.54) is 18.2 Å². The van der Waals surface area contributed by atoms with E-state index < -0.39 is 11.7 Å².